The molecule has 2 unspecified atom stereocenters. The smallest absolute Gasteiger partial charge is 0.417 e. The maximum absolute atomic E-state index is 14.3. The molecule has 1 saturated heterocycles. The number of carboxylic acids is 1. The molecule has 2 aromatic heterocycles. The number of nitrogens with zero attached hydrogens (tertiary/aromatic N) is 5. The summed E-state index contributed by atoms with van der Waals surface area (Å²) in [5.41, 5.74) is 1.98. The maximum atomic E-state index is 14.3. The Balaban J connectivity index is 1.46. The van der Waals surface area contributed by atoms with Crippen LogP contribution in [0.5, 0.6) is 0 Å². The molecule has 0 spiro atoms. The van der Waals surface area contributed by atoms with E-state index in [2.05, 4.69) is 15.0 Å². The van der Waals surface area contributed by atoms with Gasteiger partial charge >= 0.3 is 12.1 Å². The average molecular weight is 544 g/mol. The lowest BCUT2D eigenvalue weighted by Gasteiger charge is -2.29. The van der Waals surface area contributed by atoms with Crippen molar-refractivity contribution in [1.82, 2.24) is 19.3 Å². The number of aliphatic carboxylic acids is 1. The van der Waals surface area contributed by atoms with E-state index in [1.807, 2.05) is 12.1 Å². The number of alkyl halides is 4. The monoisotopic (exact) mass is 543 g/mol. The fourth-order valence-corrected chi connectivity index (χ4v) is 5.54. The number of aryl methyl sites for hydroxylation is 1. The molecule has 2 atom stereocenters. The third-order valence-corrected chi connectivity index (χ3v) is 7.48. The Kier molecular flexibility index (Phi) is 6.09. The van der Waals surface area contributed by atoms with E-state index in [0.717, 1.165) is 35.7 Å². The molecule has 1 fully saturated rings. The molecule has 2 aromatic carbocycles. The molecule has 204 valence electrons. The summed E-state index contributed by atoms with van der Waals surface area (Å²) in [4.78, 5) is 18.7. The summed E-state index contributed by atoms with van der Waals surface area (Å²) in [7, 11) is 0. The van der Waals surface area contributed by atoms with Crippen LogP contribution in [-0.2, 0) is 28.7 Å². The first-order chi connectivity index (χ1) is 18.6. The highest BCUT2D eigenvalue weighted by Gasteiger charge is 2.37. The molecule has 0 saturated carbocycles. The highest BCUT2D eigenvalue weighted by molar-refractivity contribution is 5.92. The topological polar surface area (TPSA) is 85.4 Å². The van der Waals surface area contributed by atoms with Gasteiger partial charge in [-0.15, -0.1) is 0 Å². The summed E-state index contributed by atoms with van der Waals surface area (Å²) in [5.74, 6) is -1.35. The van der Waals surface area contributed by atoms with Crippen molar-refractivity contribution in [1.29, 1.82) is 0 Å². The van der Waals surface area contributed by atoms with Gasteiger partial charge in [-0.05, 0) is 41.8 Å². The first-order valence-corrected chi connectivity index (χ1v) is 12.6. The second-order valence-electron chi connectivity index (χ2n) is 9.88. The van der Waals surface area contributed by atoms with Gasteiger partial charge in [-0.1, -0.05) is 12.1 Å². The van der Waals surface area contributed by atoms with Gasteiger partial charge in [0.2, 0.25) is 0 Å². The summed E-state index contributed by atoms with van der Waals surface area (Å²) in [6, 6.07) is 6.87. The number of carbonyl (C=O) groups is 1. The van der Waals surface area contributed by atoms with Gasteiger partial charge in [0.15, 0.2) is 6.04 Å². The van der Waals surface area contributed by atoms with Crippen LogP contribution in [0.2, 0.25) is 0 Å². The first kappa shape index (κ1) is 25.4. The van der Waals surface area contributed by atoms with Gasteiger partial charge in [0, 0.05) is 42.5 Å². The number of benzene rings is 2. The second kappa shape index (κ2) is 9.37. The highest BCUT2D eigenvalue weighted by atomic mass is 19.4. The van der Waals surface area contributed by atoms with Gasteiger partial charge in [0.1, 0.15) is 6.17 Å². The molecule has 1 N–H and O–H groups in total. The lowest BCUT2D eigenvalue weighted by atomic mass is 9.94. The molecular weight excluding hydrogens is 518 g/mol. The number of aromatic nitrogens is 4. The van der Waals surface area contributed by atoms with Crippen molar-refractivity contribution < 1.29 is 32.2 Å². The number of anilines is 1. The van der Waals surface area contributed by atoms with Crippen LogP contribution in [0.1, 0.15) is 28.6 Å². The van der Waals surface area contributed by atoms with Gasteiger partial charge in [-0.2, -0.15) is 18.3 Å². The molecular formula is C27H25F4N5O3. The van der Waals surface area contributed by atoms with Gasteiger partial charge in [0.25, 0.3) is 0 Å². The highest BCUT2D eigenvalue weighted by Crippen LogP contribution is 2.41. The number of morpholine rings is 1. The fraction of sp³-hybridized carbons (Fsp3) is 0.370. The Bertz CT molecular complexity index is 1550. The summed E-state index contributed by atoms with van der Waals surface area (Å²) in [5, 5.41) is 14.2. The quantitative estimate of drug-likeness (QED) is 0.370. The van der Waals surface area contributed by atoms with E-state index >= 15 is 0 Å². The van der Waals surface area contributed by atoms with Crippen molar-refractivity contribution in [2.75, 3.05) is 31.2 Å². The number of fused-ring (bicyclic) bond motifs is 2. The molecule has 2 aliphatic heterocycles. The minimum atomic E-state index is -4.71. The Morgan fingerprint density at radius 2 is 1.90 bits per heavy atom. The Labute approximate surface area is 220 Å². The van der Waals surface area contributed by atoms with Crippen LogP contribution in [0.4, 0.5) is 23.2 Å². The van der Waals surface area contributed by atoms with Crippen LogP contribution < -0.4 is 4.90 Å². The van der Waals surface area contributed by atoms with Crippen molar-refractivity contribution in [2.24, 2.45) is 0 Å². The van der Waals surface area contributed by atoms with E-state index in [-0.39, 0.29) is 29.6 Å². The van der Waals surface area contributed by atoms with E-state index < -0.39 is 29.9 Å². The molecule has 0 amide bonds. The summed E-state index contributed by atoms with van der Waals surface area (Å²) in [6.07, 6.45) is -3.45. The number of ether oxygens (including phenoxy) is 1. The van der Waals surface area contributed by atoms with Crippen LogP contribution in [0.15, 0.2) is 42.9 Å². The Morgan fingerprint density at radius 3 is 2.56 bits per heavy atom. The van der Waals surface area contributed by atoms with Crippen LogP contribution in [0.3, 0.4) is 0 Å². The van der Waals surface area contributed by atoms with Crippen LogP contribution >= 0.6 is 0 Å². The van der Waals surface area contributed by atoms with Crippen LogP contribution in [0, 0.1) is 6.92 Å². The molecule has 0 radical (unpaired) electrons. The second-order valence-corrected chi connectivity index (χ2v) is 9.88. The molecule has 0 bridgehead atoms. The predicted octanol–water partition coefficient (Wildman–Crippen LogP) is 4.63. The van der Waals surface area contributed by atoms with Crippen LogP contribution in [0.25, 0.3) is 22.0 Å². The molecule has 2 aliphatic rings. The number of carboxylic acid groups (broad SMARTS) is 1. The van der Waals surface area contributed by atoms with E-state index in [1.165, 1.54) is 10.9 Å². The van der Waals surface area contributed by atoms with E-state index in [4.69, 9.17) is 4.74 Å². The molecule has 39 heavy (non-hydrogen) atoms. The molecule has 0 aliphatic carbocycles. The van der Waals surface area contributed by atoms with Crippen molar-refractivity contribution in [3.05, 3.63) is 65.4 Å². The Hall–Kier alpha value is -3.93. The standard InChI is InChI=1S/C27H25F4N5O3/c1-15-19(16-2-4-18(5-3-16)34-6-8-39-9-7-34)11-21(27(29,30)31)20-13-36(33-23(15)20)25(26(37)38)24-22-10-17(28)12-35(22)14-32-24/h2-5,11,13-14,17,25H,6-10,12H2,1H3,(H,37,38). The molecule has 8 nitrogen and oxygen atoms in total. The summed E-state index contributed by atoms with van der Waals surface area (Å²) in [6.45, 7) is 4.42. The van der Waals surface area contributed by atoms with Crippen molar-refractivity contribution in [2.45, 2.75) is 38.3 Å². The van der Waals surface area contributed by atoms with Crippen molar-refractivity contribution in [3.8, 4) is 11.1 Å². The third kappa shape index (κ3) is 4.42. The molecule has 4 heterocycles. The zero-order chi connectivity index (χ0) is 27.5. The lowest BCUT2D eigenvalue weighted by Crippen LogP contribution is -2.36. The largest absolute Gasteiger partial charge is 0.479 e. The Morgan fingerprint density at radius 1 is 1.18 bits per heavy atom. The number of rotatable bonds is 5. The third-order valence-electron chi connectivity index (χ3n) is 7.48. The molecule has 12 heteroatoms. The number of halogens is 4. The maximum Gasteiger partial charge on any atom is 0.417 e. The van der Waals surface area contributed by atoms with Crippen molar-refractivity contribution in [3.63, 3.8) is 0 Å². The average Bonchev–Trinajstić information content (AvgIpc) is 3.60. The minimum Gasteiger partial charge on any atom is -0.479 e. The normalized spacial score (nSPS) is 18.5. The fourth-order valence-electron chi connectivity index (χ4n) is 5.54. The molecule has 6 rings (SSSR count). The molecule has 4 aromatic rings. The van der Waals surface area contributed by atoms with Gasteiger partial charge in [-0.25, -0.2) is 14.2 Å². The SMILES string of the molecule is Cc1c(-c2ccc(N3CCOCC3)cc2)cc(C(F)(F)F)c2cn(C(C(=O)O)c3ncn4c3CC(F)C4)nc12. The van der Waals surface area contributed by atoms with Gasteiger partial charge in [0.05, 0.1) is 42.9 Å². The lowest BCUT2D eigenvalue weighted by molar-refractivity contribution is -0.140. The summed E-state index contributed by atoms with van der Waals surface area (Å²) >= 11 is 0. The van der Waals surface area contributed by atoms with Crippen molar-refractivity contribution >= 4 is 22.6 Å². The van der Waals surface area contributed by atoms with Gasteiger partial charge < -0.3 is 19.3 Å². The zero-order valence-electron chi connectivity index (χ0n) is 21.0. The predicted molar refractivity (Wildman–Crippen MR) is 135 cm³/mol. The summed E-state index contributed by atoms with van der Waals surface area (Å²) < 4.78 is 64.8. The first-order valence-electron chi connectivity index (χ1n) is 12.6. The van der Waals surface area contributed by atoms with E-state index in [1.54, 1.807) is 19.1 Å². The number of hydrogen-bond donors (Lipinski definition) is 1. The zero-order valence-corrected chi connectivity index (χ0v) is 21.0. The number of imidazole rings is 1. The minimum absolute atomic E-state index is 0.0165. The van der Waals surface area contributed by atoms with Crippen LogP contribution in [-0.4, -0.2) is 62.9 Å². The van der Waals surface area contributed by atoms with Gasteiger partial charge in [-0.3, -0.25) is 4.68 Å². The van der Waals surface area contributed by atoms with E-state index in [0.29, 0.717) is 35.6 Å². The number of hydrogen-bond acceptors (Lipinski definition) is 5. The van der Waals surface area contributed by atoms with E-state index in [9.17, 15) is 27.5 Å².